The molecule has 5 heteroatoms. The van der Waals surface area contributed by atoms with E-state index in [2.05, 4.69) is 20.9 Å². The zero-order valence-corrected chi connectivity index (χ0v) is 12.9. The lowest BCUT2D eigenvalue weighted by Gasteiger charge is -2.08. The molecule has 3 aromatic rings. The van der Waals surface area contributed by atoms with Crippen molar-refractivity contribution in [1.82, 2.24) is 4.98 Å². The minimum absolute atomic E-state index is 0.121. The lowest BCUT2D eigenvalue weighted by Crippen LogP contribution is -2.12. The van der Waals surface area contributed by atoms with Crippen LogP contribution in [0.1, 0.15) is 16.6 Å². The summed E-state index contributed by atoms with van der Waals surface area (Å²) in [7, 11) is 0. The largest absolute Gasteiger partial charge is 0.323 e. The van der Waals surface area contributed by atoms with Crippen molar-refractivity contribution >= 4 is 37.4 Å². The average Bonchev–Trinajstić information content (AvgIpc) is 2.84. The van der Waals surface area contributed by atoms with Crippen LogP contribution in [0.25, 0.3) is 10.1 Å². The van der Waals surface area contributed by atoms with Crippen LogP contribution in [0.15, 0.2) is 47.1 Å². The average molecular weight is 351 g/mol. The van der Waals surface area contributed by atoms with E-state index in [0.717, 1.165) is 25.1 Å². The summed E-state index contributed by atoms with van der Waals surface area (Å²) < 4.78 is 15.2. The Hall–Kier alpha value is -1.30. The van der Waals surface area contributed by atoms with Gasteiger partial charge in [-0.25, -0.2) is 4.39 Å². The molecule has 20 heavy (non-hydrogen) atoms. The second-order valence-corrected chi connectivity index (χ2v) is 6.64. The summed E-state index contributed by atoms with van der Waals surface area (Å²) in [6.07, 6.45) is 2.44. The van der Waals surface area contributed by atoms with Crippen molar-refractivity contribution in [2.75, 3.05) is 0 Å². The van der Waals surface area contributed by atoms with Crippen molar-refractivity contribution in [3.05, 3.63) is 63.5 Å². The number of fused-ring (bicyclic) bond motifs is 1. The fourth-order valence-corrected chi connectivity index (χ4v) is 3.35. The van der Waals surface area contributed by atoms with Crippen LogP contribution in [-0.2, 0) is 6.42 Å². The molecule has 2 heterocycles. The third-order valence-corrected chi connectivity index (χ3v) is 4.80. The Labute approximate surface area is 128 Å². The maximum Gasteiger partial charge on any atom is 0.123 e. The molecule has 2 nitrogen and oxygen atoms in total. The first-order valence-electron chi connectivity index (χ1n) is 6.17. The predicted molar refractivity (Wildman–Crippen MR) is 84.4 cm³/mol. The van der Waals surface area contributed by atoms with E-state index in [1.807, 2.05) is 18.2 Å². The Bertz CT molecular complexity index is 739. The number of rotatable bonds is 3. The number of thiophene rings is 1. The van der Waals surface area contributed by atoms with Gasteiger partial charge in [-0.1, -0.05) is 0 Å². The molecule has 0 spiro atoms. The van der Waals surface area contributed by atoms with Gasteiger partial charge in [0.25, 0.3) is 0 Å². The Kier molecular flexibility index (Phi) is 3.83. The van der Waals surface area contributed by atoms with Gasteiger partial charge in [-0.15, -0.1) is 11.3 Å². The van der Waals surface area contributed by atoms with Gasteiger partial charge < -0.3 is 5.73 Å². The van der Waals surface area contributed by atoms with E-state index in [1.54, 1.807) is 29.7 Å². The lowest BCUT2D eigenvalue weighted by molar-refractivity contribution is 0.630. The lowest BCUT2D eigenvalue weighted by atomic mass is 10.1. The van der Waals surface area contributed by atoms with Crippen molar-refractivity contribution in [3.63, 3.8) is 0 Å². The Morgan fingerprint density at radius 2 is 2.10 bits per heavy atom. The van der Waals surface area contributed by atoms with Crippen LogP contribution < -0.4 is 5.73 Å². The van der Waals surface area contributed by atoms with Crippen molar-refractivity contribution in [2.24, 2.45) is 5.73 Å². The molecule has 0 saturated heterocycles. The normalized spacial score (nSPS) is 12.8. The molecule has 2 aromatic heterocycles. The Morgan fingerprint density at radius 3 is 2.85 bits per heavy atom. The fourth-order valence-electron chi connectivity index (χ4n) is 2.07. The van der Waals surface area contributed by atoms with Crippen LogP contribution in [0, 0.1) is 5.82 Å². The van der Waals surface area contributed by atoms with Crippen molar-refractivity contribution in [2.45, 2.75) is 12.5 Å². The van der Waals surface area contributed by atoms with Gasteiger partial charge in [0.2, 0.25) is 0 Å². The maximum atomic E-state index is 13.2. The molecule has 1 unspecified atom stereocenters. The van der Waals surface area contributed by atoms with Crippen LogP contribution in [0.3, 0.4) is 0 Å². The highest BCUT2D eigenvalue weighted by molar-refractivity contribution is 9.10. The minimum Gasteiger partial charge on any atom is -0.323 e. The zero-order valence-electron chi connectivity index (χ0n) is 10.5. The smallest absolute Gasteiger partial charge is 0.123 e. The van der Waals surface area contributed by atoms with Crippen LogP contribution >= 0.6 is 27.3 Å². The zero-order chi connectivity index (χ0) is 14.1. The number of hydrogen-bond donors (Lipinski definition) is 1. The third-order valence-electron chi connectivity index (χ3n) is 3.08. The summed E-state index contributed by atoms with van der Waals surface area (Å²) in [6, 6.07) is 10.6. The Morgan fingerprint density at radius 1 is 1.25 bits per heavy atom. The molecule has 2 N–H and O–H groups in total. The van der Waals surface area contributed by atoms with Gasteiger partial charge in [-0.2, -0.15) is 0 Å². The fraction of sp³-hybridized carbons (Fsp3) is 0.133. The van der Waals surface area contributed by atoms with Crippen molar-refractivity contribution < 1.29 is 4.39 Å². The van der Waals surface area contributed by atoms with Crippen LogP contribution in [0.2, 0.25) is 0 Å². The standard InChI is InChI=1S/C15H12BrFN2S/c16-10-1-3-12(19-8-10)7-13(18)15-6-9-5-11(17)2-4-14(9)20-15/h1-6,8,13H,7,18H2. The second kappa shape index (κ2) is 5.60. The quantitative estimate of drug-likeness (QED) is 0.758. The molecule has 0 aliphatic heterocycles. The van der Waals surface area contributed by atoms with Gasteiger partial charge in [0.05, 0.1) is 0 Å². The first-order valence-corrected chi connectivity index (χ1v) is 7.78. The third kappa shape index (κ3) is 2.90. The number of pyridine rings is 1. The van der Waals surface area contributed by atoms with Crippen LogP contribution in [0.5, 0.6) is 0 Å². The number of halogens is 2. The van der Waals surface area contributed by atoms with E-state index in [4.69, 9.17) is 5.73 Å². The second-order valence-electron chi connectivity index (χ2n) is 4.61. The molecule has 0 radical (unpaired) electrons. The van der Waals surface area contributed by atoms with E-state index in [9.17, 15) is 4.39 Å². The molecule has 102 valence electrons. The summed E-state index contributed by atoms with van der Waals surface area (Å²) in [5.74, 6) is -0.218. The molecule has 0 aliphatic carbocycles. The summed E-state index contributed by atoms with van der Waals surface area (Å²) >= 11 is 4.97. The number of aromatic nitrogens is 1. The highest BCUT2D eigenvalue weighted by Gasteiger charge is 2.12. The molecule has 0 bridgehead atoms. The molecule has 0 fully saturated rings. The van der Waals surface area contributed by atoms with Gasteiger partial charge >= 0.3 is 0 Å². The summed E-state index contributed by atoms with van der Waals surface area (Å²) in [6.45, 7) is 0. The summed E-state index contributed by atoms with van der Waals surface area (Å²) in [5.41, 5.74) is 7.18. The van der Waals surface area contributed by atoms with Crippen molar-refractivity contribution in [1.29, 1.82) is 0 Å². The van der Waals surface area contributed by atoms with E-state index >= 15 is 0 Å². The van der Waals surface area contributed by atoms with Gasteiger partial charge in [0.15, 0.2) is 0 Å². The molecular weight excluding hydrogens is 339 g/mol. The van der Waals surface area contributed by atoms with E-state index in [-0.39, 0.29) is 11.9 Å². The number of hydrogen-bond acceptors (Lipinski definition) is 3. The molecule has 0 aliphatic rings. The predicted octanol–water partition coefficient (Wildman–Crippen LogP) is 4.44. The summed E-state index contributed by atoms with van der Waals surface area (Å²) in [5, 5.41) is 0.907. The van der Waals surface area contributed by atoms with Crippen LogP contribution in [0.4, 0.5) is 4.39 Å². The molecule has 1 aromatic carbocycles. The van der Waals surface area contributed by atoms with Crippen LogP contribution in [-0.4, -0.2) is 4.98 Å². The summed E-state index contributed by atoms with van der Waals surface area (Å²) in [4.78, 5) is 5.38. The highest BCUT2D eigenvalue weighted by Crippen LogP contribution is 2.30. The number of benzene rings is 1. The van der Waals surface area contributed by atoms with E-state index < -0.39 is 0 Å². The number of nitrogens with two attached hydrogens (primary N) is 1. The van der Waals surface area contributed by atoms with E-state index in [1.165, 1.54) is 6.07 Å². The topological polar surface area (TPSA) is 38.9 Å². The van der Waals surface area contributed by atoms with Gasteiger partial charge in [0.1, 0.15) is 5.82 Å². The Balaban J connectivity index is 1.84. The minimum atomic E-state index is -0.218. The first-order chi connectivity index (χ1) is 9.61. The van der Waals surface area contributed by atoms with Crippen molar-refractivity contribution in [3.8, 4) is 0 Å². The van der Waals surface area contributed by atoms with Gasteiger partial charge in [-0.3, -0.25) is 4.98 Å². The highest BCUT2D eigenvalue weighted by atomic mass is 79.9. The molecule has 0 saturated carbocycles. The number of nitrogens with zero attached hydrogens (tertiary/aromatic N) is 1. The monoisotopic (exact) mass is 350 g/mol. The molecule has 0 amide bonds. The van der Waals surface area contributed by atoms with E-state index in [0.29, 0.717) is 6.42 Å². The molecular formula is C15H12BrFN2S. The van der Waals surface area contributed by atoms with Gasteiger partial charge in [0, 0.05) is 38.4 Å². The van der Waals surface area contributed by atoms with Gasteiger partial charge in [-0.05, 0) is 57.7 Å². The SMILES string of the molecule is NC(Cc1ccc(Br)cn1)c1cc2cc(F)ccc2s1. The molecule has 1 atom stereocenters. The maximum absolute atomic E-state index is 13.2. The first kappa shape index (κ1) is 13.7. The molecule has 3 rings (SSSR count).